The minimum atomic E-state index is -1.74. The normalized spacial score (nSPS) is 31.8. The number of hydrogen-bond acceptors (Lipinski definition) is 4. The van der Waals surface area contributed by atoms with Crippen molar-refractivity contribution in [1.82, 2.24) is 9.55 Å². The van der Waals surface area contributed by atoms with E-state index in [1.165, 1.54) is 6.92 Å². The number of nitrogens with one attached hydrogen (secondary N) is 1. The van der Waals surface area contributed by atoms with Gasteiger partial charge in [0.25, 0.3) is 0 Å². The number of aromatic nitrogens is 2. The second-order valence-corrected chi connectivity index (χ2v) is 5.21. The van der Waals surface area contributed by atoms with Crippen LogP contribution in [0.1, 0.15) is 19.6 Å². The van der Waals surface area contributed by atoms with E-state index in [0.29, 0.717) is 0 Å². The Kier molecular flexibility index (Phi) is 3.63. The maximum Gasteiger partial charge on any atom is 0.180 e. The molecule has 1 unspecified atom stereocenters. The lowest BCUT2D eigenvalue weighted by atomic mass is 10.0. The lowest BCUT2D eigenvalue weighted by Gasteiger charge is -2.23. The van der Waals surface area contributed by atoms with Crippen LogP contribution in [0.4, 0.5) is 8.78 Å². The van der Waals surface area contributed by atoms with Gasteiger partial charge in [-0.3, -0.25) is 4.57 Å². The lowest BCUT2D eigenvalue weighted by Crippen LogP contribution is -2.28. The van der Waals surface area contributed by atoms with Gasteiger partial charge in [-0.05, 0) is 19.1 Å². The van der Waals surface area contributed by atoms with Crippen molar-refractivity contribution in [2.24, 2.45) is 0 Å². The average molecular weight is 294 g/mol. The first-order valence-corrected chi connectivity index (χ1v) is 6.13. The minimum Gasteiger partial charge on any atom is -0.394 e. The molecule has 0 saturated carbocycles. The molecule has 0 radical (unpaired) electrons. The molecule has 2 rings (SSSR count). The summed E-state index contributed by atoms with van der Waals surface area (Å²) >= 11 is 9.67. The number of aliphatic hydroxyl groups excluding tert-OH is 1. The maximum atomic E-state index is 14.3. The summed E-state index contributed by atoms with van der Waals surface area (Å²) in [5, 5.41) is 9.01. The fourth-order valence-electron chi connectivity index (χ4n) is 2.02. The van der Waals surface area contributed by atoms with Crippen LogP contribution in [0.15, 0.2) is 6.20 Å². The summed E-state index contributed by atoms with van der Waals surface area (Å²) < 4.78 is 34.2. The molecule has 1 aliphatic heterocycles. The van der Waals surface area contributed by atoms with Crippen molar-refractivity contribution in [3.8, 4) is 0 Å². The van der Waals surface area contributed by atoms with Crippen LogP contribution >= 0.6 is 24.4 Å². The SMILES string of the molecule is CC1(F)C[C@@H](CO)O[C@H]1n1cc(F)c(=S)[nH]c1=S. The smallest absolute Gasteiger partial charge is 0.180 e. The molecule has 1 aromatic heterocycles. The van der Waals surface area contributed by atoms with Gasteiger partial charge in [-0.2, -0.15) is 0 Å². The number of ether oxygens (including phenoxy) is 1. The van der Waals surface area contributed by atoms with E-state index in [1.54, 1.807) is 0 Å². The Morgan fingerprint density at radius 2 is 2.33 bits per heavy atom. The van der Waals surface area contributed by atoms with Crippen molar-refractivity contribution in [3.05, 3.63) is 21.4 Å². The van der Waals surface area contributed by atoms with Gasteiger partial charge < -0.3 is 14.8 Å². The van der Waals surface area contributed by atoms with E-state index in [4.69, 9.17) is 34.3 Å². The minimum absolute atomic E-state index is 0.0210. The Balaban J connectivity index is 2.46. The molecule has 1 saturated heterocycles. The van der Waals surface area contributed by atoms with Crippen molar-refractivity contribution in [1.29, 1.82) is 0 Å². The van der Waals surface area contributed by atoms with Gasteiger partial charge in [0.05, 0.1) is 12.7 Å². The predicted octanol–water partition coefficient (Wildman–Crippen LogP) is 2.42. The third kappa shape index (κ3) is 2.37. The number of nitrogens with zero attached hydrogens (tertiary/aromatic N) is 1. The molecule has 1 aliphatic rings. The summed E-state index contributed by atoms with van der Waals surface area (Å²) in [6.07, 6.45) is -0.669. The Bertz CT molecular complexity index is 570. The molecule has 100 valence electrons. The van der Waals surface area contributed by atoms with Crippen molar-refractivity contribution < 1.29 is 18.6 Å². The van der Waals surface area contributed by atoms with Crippen molar-refractivity contribution in [2.45, 2.75) is 31.3 Å². The van der Waals surface area contributed by atoms with Crippen LogP contribution in [0, 0.1) is 15.2 Å². The Hall–Kier alpha value is -0.700. The van der Waals surface area contributed by atoms with Crippen molar-refractivity contribution >= 4 is 24.4 Å². The van der Waals surface area contributed by atoms with E-state index < -0.39 is 23.8 Å². The largest absolute Gasteiger partial charge is 0.394 e. The number of hydrogen-bond donors (Lipinski definition) is 2. The summed E-state index contributed by atoms with van der Waals surface area (Å²) in [5.41, 5.74) is -1.74. The maximum absolute atomic E-state index is 14.3. The molecule has 1 fully saturated rings. The summed E-state index contributed by atoms with van der Waals surface area (Å²) in [5.74, 6) is -0.703. The number of rotatable bonds is 2. The number of aliphatic hydroxyl groups is 1. The average Bonchev–Trinajstić information content (AvgIpc) is 2.59. The molecule has 0 amide bonds. The Morgan fingerprint density at radius 3 is 2.89 bits per heavy atom. The molecule has 2 N–H and O–H groups in total. The fourth-order valence-corrected chi connectivity index (χ4v) is 2.48. The molecular formula is C10H12F2N2O2S2. The summed E-state index contributed by atoms with van der Waals surface area (Å²) in [4.78, 5) is 2.46. The topological polar surface area (TPSA) is 50.2 Å². The standard InChI is InChI=1S/C10H12F2N2O2S2/c1-10(12)2-5(4-15)16-8(10)14-3-6(11)7(17)13-9(14)18/h3,5,8,15H,2,4H2,1H3,(H,13,17,18)/t5-,8+,10?/m0/s1. The summed E-state index contributed by atoms with van der Waals surface area (Å²) in [6.45, 7) is 1.03. The van der Waals surface area contributed by atoms with Crippen LogP contribution in [-0.2, 0) is 4.74 Å². The van der Waals surface area contributed by atoms with Gasteiger partial charge in [-0.1, -0.05) is 12.2 Å². The number of alkyl halides is 1. The van der Waals surface area contributed by atoms with Crippen LogP contribution in [0.5, 0.6) is 0 Å². The Morgan fingerprint density at radius 1 is 1.67 bits per heavy atom. The lowest BCUT2D eigenvalue weighted by molar-refractivity contribution is -0.0604. The van der Waals surface area contributed by atoms with Gasteiger partial charge in [0, 0.05) is 12.6 Å². The van der Waals surface area contributed by atoms with Gasteiger partial charge in [0.1, 0.15) is 4.64 Å². The van der Waals surface area contributed by atoms with Gasteiger partial charge in [-0.25, -0.2) is 8.78 Å². The highest BCUT2D eigenvalue weighted by molar-refractivity contribution is 7.72. The molecule has 3 atom stereocenters. The number of halogens is 2. The van der Waals surface area contributed by atoms with Gasteiger partial charge in [-0.15, -0.1) is 0 Å². The predicted molar refractivity (Wildman–Crippen MR) is 65.5 cm³/mol. The van der Waals surface area contributed by atoms with Crippen molar-refractivity contribution in [2.75, 3.05) is 6.61 Å². The number of aromatic amines is 1. The van der Waals surface area contributed by atoms with Crippen LogP contribution in [0.25, 0.3) is 0 Å². The fraction of sp³-hybridized carbons (Fsp3) is 0.600. The second-order valence-electron chi connectivity index (χ2n) is 4.42. The van der Waals surface area contributed by atoms with E-state index in [2.05, 4.69) is 4.98 Å². The molecule has 0 aliphatic carbocycles. The first-order valence-electron chi connectivity index (χ1n) is 5.31. The van der Waals surface area contributed by atoms with Crippen LogP contribution in [0.2, 0.25) is 0 Å². The summed E-state index contributed by atoms with van der Waals surface area (Å²) in [6, 6.07) is 0. The zero-order valence-electron chi connectivity index (χ0n) is 9.52. The van der Waals surface area contributed by atoms with Crippen LogP contribution in [0.3, 0.4) is 0 Å². The number of H-pyrrole nitrogens is 1. The molecular weight excluding hydrogens is 282 g/mol. The molecule has 2 heterocycles. The second kappa shape index (κ2) is 4.76. The highest BCUT2D eigenvalue weighted by atomic mass is 32.1. The quantitative estimate of drug-likeness (QED) is 0.823. The monoisotopic (exact) mass is 294 g/mol. The Labute approximate surface area is 112 Å². The van der Waals surface area contributed by atoms with E-state index in [9.17, 15) is 8.78 Å². The molecule has 1 aromatic rings. The highest BCUT2D eigenvalue weighted by Gasteiger charge is 2.46. The van der Waals surface area contributed by atoms with Crippen LogP contribution < -0.4 is 0 Å². The molecule has 0 aromatic carbocycles. The van der Waals surface area contributed by atoms with Crippen molar-refractivity contribution in [3.63, 3.8) is 0 Å². The highest BCUT2D eigenvalue weighted by Crippen LogP contribution is 2.40. The zero-order chi connectivity index (χ0) is 13.5. The molecule has 4 nitrogen and oxygen atoms in total. The molecule has 0 spiro atoms. The first kappa shape index (κ1) is 13.7. The van der Waals surface area contributed by atoms with Gasteiger partial charge >= 0.3 is 0 Å². The van der Waals surface area contributed by atoms with E-state index in [-0.39, 0.29) is 22.4 Å². The third-order valence-electron chi connectivity index (χ3n) is 2.84. The molecule has 18 heavy (non-hydrogen) atoms. The summed E-state index contributed by atoms with van der Waals surface area (Å²) in [7, 11) is 0. The van der Waals surface area contributed by atoms with Gasteiger partial charge in [0.15, 0.2) is 22.5 Å². The first-order chi connectivity index (χ1) is 8.35. The van der Waals surface area contributed by atoms with E-state index in [1.807, 2.05) is 0 Å². The third-order valence-corrected chi connectivity index (χ3v) is 3.45. The van der Waals surface area contributed by atoms with Gasteiger partial charge in [0.2, 0.25) is 0 Å². The molecule has 0 bridgehead atoms. The van der Waals surface area contributed by atoms with E-state index in [0.717, 1.165) is 10.8 Å². The van der Waals surface area contributed by atoms with Crippen LogP contribution in [-0.4, -0.2) is 33.0 Å². The zero-order valence-corrected chi connectivity index (χ0v) is 11.2. The molecule has 8 heteroatoms. The van der Waals surface area contributed by atoms with E-state index >= 15 is 0 Å².